The van der Waals surface area contributed by atoms with Gasteiger partial charge in [-0.1, -0.05) is 13.0 Å². The average Bonchev–Trinajstić information content (AvgIpc) is 2.41. The van der Waals surface area contributed by atoms with Gasteiger partial charge in [-0.15, -0.1) is 0 Å². The SMILES string of the molecule is CCN(CCCN(C)C)C(CN)c1ccc(Br)c(Br)c1. The molecule has 1 aromatic rings. The molecule has 114 valence electrons. The van der Waals surface area contributed by atoms with Crippen LogP contribution in [0.4, 0.5) is 0 Å². The fourth-order valence-electron chi connectivity index (χ4n) is 2.34. The van der Waals surface area contributed by atoms with E-state index in [1.807, 2.05) is 0 Å². The molecular weight excluding hydrogens is 382 g/mol. The highest BCUT2D eigenvalue weighted by molar-refractivity contribution is 9.13. The Morgan fingerprint density at radius 1 is 1.15 bits per heavy atom. The van der Waals surface area contributed by atoms with Crippen molar-refractivity contribution in [2.45, 2.75) is 19.4 Å². The fourth-order valence-corrected chi connectivity index (χ4v) is 2.98. The zero-order valence-corrected chi connectivity index (χ0v) is 15.7. The van der Waals surface area contributed by atoms with Crippen LogP contribution in [0.25, 0.3) is 0 Å². The van der Waals surface area contributed by atoms with Crippen molar-refractivity contribution in [3.05, 3.63) is 32.7 Å². The van der Waals surface area contributed by atoms with Gasteiger partial charge in [0.2, 0.25) is 0 Å². The van der Waals surface area contributed by atoms with E-state index in [4.69, 9.17) is 5.73 Å². The summed E-state index contributed by atoms with van der Waals surface area (Å²) in [4.78, 5) is 4.68. The van der Waals surface area contributed by atoms with Crippen molar-refractivity contribution >= 4 is 31.9 Å². The molecule has 0 aromatic heterocycles. The van der Waals surface area contributed by atoms with Crippen LogP contribution in [-0.4, -0.2) is 50.1 Å². The number of hydrogen-bond donors (Lipinski definition) is 1. The van der Waals surface area contributed by atoms with Gasteiger partial charge in [-0.05, 0) is 83.2 Å². The molecule has 0 aliphatic carbocycles. The molecule has 5 heteroatoms. The Balaban J connectivity index is 2.77. The molecular formula is C15H25Br2N3. The summed E-state index contributed by atoms with van der Waals surface area (Å²) in [7, 11) is 4.23. The smallest absolute Gasteiger partial charge is 0.0470 e. The maximum atomic E-state index is 6.02. The minimum absolute atomic E-state index is 0.284. The quantitative estimate of drug-likeness (QED) is 0.717. The van der Waals surface area contributed by atoms with E-state index < -0.39 is 0 Å². The Morgan fingerprint density at radius 2 is 1.85 bits per heavy atom. The molecule has 2 N–H and O–H groups in total. The van der Waals surface area contributed by atoms with Crippen molar-refractivity contribution in [1.29, 1.82) is 0 Å². The standard InChI is InChI=1S/C15H25Br2N3/c1-4-20(9-5-8-19(2)3)15(11-18)12-6-7-13(16)14(17)10-12/h6-7,10,15H,4-5,8-9,11,18H2,1-3H3. The first-order chi connectivity index (χ1) is 9.49. The molecule has 0 amide bonds. The number of rotatable bonds is 8. The minimum atomic E-state index is 0.284. The zero-order chi connectivity index (χ0) is 15.1. The molecule has 1 aromatic carbocycles. The molecule has 1 rings (SSSR count). The predicted octanol–water partition coefficient (Wildman–Crippen LogP) is 3.49. The van der Waals surface area contributed by atoms with E-state index in [1.54, 1.807) is 0 Å². The maximum absolute atomic E-state index is 6.02. The Morgan fingerprint density at radius 3 is 2.35 bits per heavy atom. The van der Waals surface area contributed by atoms with Crippen LogP contribution >= 0.6 is 31.9 Å². The normalized spacial score (nSPS) is 13.2. The highest BCUT2D eigenvalue weighted by atomic mass is 79.9. The number of likely N-dealkylation sites (N-methyl/N-ethyl adjacent to an activating group) is 1. The van der Waals surface area contributed by atoms with E-state index in [0.29, 0.717) is 6.54 Å². The molecule has 0 spiro atoms. The van der Waals surface area contributed by atoms with Gasteiger partial charge in [0.15, 0.2) is 0 Å². The number of nitrogens with two attached hydrogens (primary N) is 1. The minimum Gasteiger partial charge on any atom is -0.329 e. The van der Waals surface area contributed by atoms with Crippen molar-refractivity contribution in [2.24, 2.45) is 5.73 Å². The summed E-state index contributed by atoms with van der Waals surface area (Å²) in [5.41, 5.74) is 7.29. The van der Waals surface area contributed by atoms with Gasteiger partial charge in [-0.3, -0.25) is 4.90 Å². The second kappa shape index (κ2) is 9.15. The first-order valence-electron chi connectivity index (χ1n) is 7.03. The largest absolute Gasteiger partial charge is 0.329 e. The second-order valence-corrected chi connectivity index (χ2v) is 6.92. The van der Waals surface area contributed by atoms with E-state index >= 15 is 0 Å². The molecule has 1 unspecified atom stereocenters. The van der Waals surface area contributed by atoms with Crippen molar-refractivity contribution in [2.75, 3.05) is 40.3 Å². The Hall–Kier alpha value is 0.0600. The third kappa shape index (κ3) is 5.45. The van der Waals surface area contributed by atoms with Crippen LogP contribution in [0, 0.1) is 0 Å². The van der Waals surface area contributed by atoms with E-state index in [1.165, 1.54) is 5.56 Å². The van der Waals surface area contributed by atoms with Gasteiger partial charge in [0.05, 0.1) is 0 Å². The molecule has 0 aliphatic heterocycles. The van der Waals surface area contributed by atoms with Crippen molar-refractivity contribution in [1.82, 2.24) is 9.80 Å². The van der Waals surface area contributed by atoms with Gasteiger partial charge in [-0.2, -0.15) is 0 Å². The lowest BCUT2D eigenvalue weighted by Gasteiger charge is -2.30. The summed E-state index contributed by atoms with van der Waals surface area (Å²) in [5.74, 6) is 0. The highest BCUT2D eigenvalue weighted by Crippen LogP contribution is 2.28. The van der Waals surface area contributed by atoms with Crippen LogP contribution in [-0.2, 0) is 0 Å². The van der Waals surface area contributed by atoms with Crippen LogP contribution in [0.5, 0.6) is 0 Å². The van der Waals surface area contributed by atoms with Crippen LogP contribution in [0.2, 0.25) is 0 Å². The summed E-state index contributed by atoms with van der Waals surface area (Å²) >= 11 is 7.09. The van der Waals surface area contributed by atoms with E-state index in [-0.39, 0.29) is 6.04 Å². The fraction of sp³-hybridized carbons (Fsp3) is 0.600. The number of halogens is 2. The molecule has 1 atom stereocenters. The van der Waals surface area contributed by atoms with Gasteiger partial charge >= 0.3 is 0 Å². The van der Waals surface area contributed by atoms with E-state index in [2.05, 4.69) is 80.9 Å². The third-order valence-electron chi connectivity index (χ3n) is 3.45. The van der Waals surface area contributed by atoms with Gasteiger partial charge < -0.3 is 10.6 Å². The van der Waals surface area contributed by atoms with Crippen LogP contribution in [0.3, 0.4) is 0 Å². The predicted molar refractivity (Wildman–Crippen MR) is 94.1 cm³/mol. The van der Waals surface area contributed by atoms with Gasteiger partial charge in [-0.25, -0.2) is 0 Å². The average molecular weight is 407 g/mol. The molecule has 0 bridgehead atoms. The summed E-state index contributed by atoms with van der Waals surface area (Å²) < 4.78 is 2.16. The zero-order valence-electron chi connectivity index (χ0n) is 12.6. The maximum Gasteiger partial charge on any atom is 0.0470 e. The molecule has 20 heavy (non-hydrogen) atoms. The number of hydrogen-bond acceptors (Lipinski definition) is 3. The van der Waals surface area contributed by atoms with Gasteiger partial charge in [0.25, 0.3) is 0 Å². The monoisotopic (exact) mass is 405 g/mol. The lowest BCUT2D eigenvalue weighted by atomic mass is 10.1. The molecule has 3 nitrogen and oxygen atoms in total. The second-order valence-electron chi connectivity index (χ2n) is 5.21. The summed E-state index contributed by atoms with van der Waals surface area (Å²) in [6.07, 6.45) is 1.16. The van der Waals surface area contributed by atoms with Gasteiger partial charge in [0, 0.05) is 28.1 Å². The van der Waals surface area contributed by atoms with E-state index in [9.17, 15) is 0 Å². The summed E-state index contributed by atoms with van der Waals surface area (Å²) in [6, 6.07) is 6.68. The first kappa shape index (κ1) is 18.1. The number of benzene rings is 1. The molecule has 0 fully saturated rings. The van der Waals surface area contributed by atoms with Crippen molar-refractivity contribution < 1.29 is 0 Å². The molecule has 0 radical (unpaired) electrons. The van der Waals surface area contributed by atoms with Crippen LogP contribution in [0.15, 0.2) is 27.1 Å². The summed E-state index contributed by atoms with van der Waals surface area (Å²) in [6.45, 7) is 6.04. The lowest BCUT2D eigenvalue weighted by Crippen LogP contribution is -2.35. The van der Waals surface area contributed by atoms with Crippen LogP contribution < -0.4 is 5.73 Å². The van der Waals surface area contributed by atoms with Crippen LogP contribution in [0.1, 0.15) is 24.9 Å². The Bertz CT molecular complexity index is 410. The molecule has 0 aliphatic rings. The lowest BCUT2D eigenvalue weighted by molar-refractivity contribution is 0.201. The van der Waals surface area contributed by atoms with Gasteiger partial charge in [0.1, 0.15) is 0 Å². The Labute approximate surface area is 139 Å². The Kier molecular flexibility index (Phi) is 8.29. The number of nitrogens with zero attached hydrogens (tertiary/aromatic N) is 2. The molecule has 0 heterocycles. The third-order valence-corrected chi connectivity index (χ3v) is 5.33. The van der Waals surface area contributed by atoms with E-state index in [0.717, 1.165) is 35.0 Å². The highest BCUT2D eigenvalue weighted by Gasteiger charge is 2.18. The molecule has 0 saturated heterocycles. The van der Waals surface area contributed by atoms with Crippen molar-refractivity contribution in [3.8, 4) is 0 Å². The topological polar surface area (TPSA) is 32.5 Å². The first-order valence-corrected chi connectivity index (χ1v) is 8.62. The molecule has 0 saturated carbocycles. The van der Waals surface area contributed by atoms with Crippen molar-refractivity contribution in [3.63, 3.8) is 0 Å². The summed E-state index contributed by atoms with van der Waals surface area (Å²) in [5, 5.41) is 0.